The Balaban J connectivity index is 1.76. The number of aromatic nitrogens is 2. The van der Waals surface area contributed by atoms with Crippen LogP contribution in [-0.4, -0.2) is 29.2 Å². The molecule has 1 heterocycles. The average molecular weight is 272 g/mol. The molecule has 4 nitrogen and oxygen atoms in total. The molecule has 0 amide bonds. The van der Waals surface area contributed by atoms with Crippen molar-refractivity contribution >= 4 is 11.4 Å². The second kappa shape index (κ2) is 7.58. The van der Waals surface area contributed by atoms with Crippen molar-refractivity contribution in [2.45, 2.75) is 26.8 Å². The van der Waals surface area contributed by atoms with E-state index in [1.54, 1.807) is 0 Å². The fourth-order valence-corrected chi connectivity index (χ4v) is 2.29. The van der Waals surface area contributed by atoms with Gasteiger partial charge in [-0.05, 0) is 44.5 Å². The minimum atomic E-state index is 0.975. The summed E-state index contributed by atoms with van der Waals surface area (Å²) in [5.41, 5.74) is 2.48. The lowest BCUT2D eigenvalue weighted by atomic mass is 10.2. The Kier molecular flexibility index (Phi) is 5.47. The van der Waals surface area contributed by atoms with Crippen LogP contribution in [0.2, 0.25) is 0 Å². The highest BCUT2D eigenvalue weighted by Gasteiger charge is 2.00. The molecule has 0 aliphatic carbocycles. The van der Waals surface area contributed by atoms with Gasteiger partial charge in [0.15, 0.2) is 0 Å². The van der Waals surface area contributed by atoms with Crippen molar-refractivity contribution in [3.8, 4) is 0 Å². The Morgan fingerprint density at radius 3 is 2.50 bits per heavy atom. The molecule has 108 valence electrons. The zero-order chi connectivity index (χ0) is 14.2. The summed E-state index contributed by atoms with van der Waals surface area (Å²) in [6.45, 7) is 8.45. The number of nitrogens with zero attached hydrogens (tertiary/aromatic N) is 3. The summed E-state index contributed by atoms with van der Waals surface area (Å²) in [7, 11) is 0. The summed E-state index contributed by atoms with van der Waals surface area (Å²) in [6.07, 6.45) is 6.77. The molecule has 2 rings (SSSR count). The summed E-state index contributed by atoms with van der Waals surface area (Å²) in [5.74, 6) is 0. The summed E-state index contributed by atoms with van der Waals surface area (Å²) in [6, 6.07) is 8.69. The lowest BCUT2D eigenvalue weighted by Gasteiger charge is -2.21. The van der Waals surface area contributed by atoms with Crippen LogP contribution in [-0.2, 0) is 6.54 Å². The van der Waals surface area contributed by atoms with E-state index in [0.717, 1.165) is 32.6 Å². The van der Waals surface area contributed by atoms with E-state index in [1.165, 1.54) is 11.4 Å². The van der Waals surface area contributed by atoms with Crippen molar-refractivity contribution in [1.29, 1.82) is 0 Å². The van der Waals surface area contributed by atoms with Gasteiger partial charge in [-0.15, -0.1) is 0 Å². The van der Waals surface area contributed by atoms with Crippen LogP contribution in [0.15, 0.2) is 43.0 Å². The van der Waals surface area contributed by atoms with Gasteiger partial charge in [-0.1, -0.05) is 0 Å². The first kappa shape index (κ1) is 14.4. The fourth-order valence-electron chi connectivity index (χ4n) is 2.29. The van der Waals surface area contributed by atoms with Crippen LogP contribution < -0.4 is 10.2 Å². The molecule has 0 radical (unpaired) electrons. The highest BCUT2D eigenvalue weighted by molar-refractivity contribution is 5.54. The van der Waals surface area contributed by atoms with Gasteiger partial charge >= 0.3 is 0 Å². The van der Waals surface area contributed by atoms with Gasteiger partial charge in [-0.25, -0.2) is 4.98 Å². The third-order valence-corrected chi connectivity index (χ3v) is 3.48. The predicted molar refractivity (Wildman–Crippen MR) is 85.3 cm³/mol. The Bertz CT molecular complexity index is 472. The second-order valence-electron chi connectivity index (χ2n) is 4.80. The maximum absolute atomic E-state index is 4.04. The molecule has 0 aliphatic heterocycles. The average Bonchev–Trinajstić information content (AvgIpc) is 3.00. The van der Waals surface area contributed by atoms with Gasteiger partial charge in [0.05, 0.1) is 6.33 Å². The number of rotatable bonds is 8. The van der Waals surface area contributed by atoms with Gasteiger partial charge in [0.2, 0.25) is 0 Å². The Morgan fingerprint density at radius 1 is 1.15 bits per heavy atom. The molecule has 0 unspecified atom stereocenters. The van der Waals surface area contributed by atoms with Crippen molar-refractivity contribution in [2.75, 3.05) is 29.9 Å². The van der Waals surface area contributed by atoms with Crippen LogP contribution in [0.4, 0.5) is 11.4 Å². The van der Waals surface area contributed by atoms with E-state index in [0.29, 0.717) is 0 Å². The van der Waals surface area contributed by atoms with E-state index < -0.39 is 0 Å². The maximum atomic E-state index is 4.04. The smallest absolute Gasteiger partial charge is 0.0945 e. The molecule has 1 aromatic carbocycles. The van der Waals surface area contributed by atoms with Gasteiger partial charge in [0.1, 0.15) is 0 Å². The van der Waals surface area contributed by atoms with Crippen LogP contribution in [0, 0.1) is 0 Å². The number of anilines is 2. The van der Waals surface area contributed by atoms with Crippen LogP contribution in [0.5, 0.6) is 0 Å². The molecule has 0 atom stereocenters. The molecule has 2 aromatic rings. The van der Waals surface area contributed by atoms with Crippen molar-refractivity contribution in [1.82, 2.24) is 9.55 Å². The largest absolute Gasteiger partial charge is 0.385 e. The van der Waals surface area contributed by atoms with Crippen LogP contribution in [0.3, 0.4) is 0 Å². The Labute approximate surface area is 121 Å². The summed E-state index contributed by atoms with van der Waals surface area (Å²) < 4.78 is 2.10. The molecule has 4 heteroatoms. The minimum absolute atomic E-state index is 0.975. The van der Waals surface area contributed by atoms with E-state index in [-0.39, 0.29) is 0 Å². The van der Waals surface area contributed by atoms with Crippen molar-refractivity contribution < 1.29 is 0 Å². The van der Waals surface area contributed by atoms with Gasteiger partial charge in [0.25, 0.3) is 0 Å². The SMILES string of the molecule is CCN(CC)c1ccc(NCCCn2ccnc2)cc1. The molecular weight excluding hydrogens is 248 g/mol. The Hall–Kier alpha value is -1.97. The first-order valence-corrected chi connectivity index (χ1v) is 7.38. The number of hydrogen-bond donors (Lipinski definition) is 1. The summed E-state index contributed by atoms with van der Waals surface area (Å²) in [4.78, 5) is 6.39. The van der Waals surface area contributed by atoms with E-state index in [9.17, 15) is 0 Å². The highest BCUT2D eigenvalue weighted by Crippen LogP contribution is 2.17. The van der Waals surface area contributed by atoms with Crippen molar-refractivity contribution in [3.05, 3.63) is 43.0 Å². The van der Waals surface area contributed by atoms with Gasteiger partial charge in [-0.2, -0.15) is 0 Å². The molecule has 1 N–H and O–H groups in total. The molecule has 0 fully saturated rings. The fraction of sp³-hybridized carbons (Fsp3) is 0.438. The number of imidazole rings is 1. The molecule has 20 heavy (non-hydrogen) atoms. The number of aryl methyl sites for hydroxylation is 1. The second-order valence-corrected chi connectivity index (χ2v) is 4.80. The van der Waals surface area contributed by atoms with E-state index in [1.807, 2.05) is 18.7 Å². The lowest BCUT2D eigenvalue weighted by Crippen LogP contribution is -2.21. The highest BCUT2D eigenvalue weighted by atomic mass is 15.1. The molecule has 1 aromatic heterocycles. The zero-order valence-electron chi connectivity index (χ0n) is 12.4. The van der Waals surface area contributed by atoms with Crippen LogP contribution >= 0.6 is 0 Å². The van der Waals surface area contributed by atoms with Gasteiger partial charge < -0.3 is 14.8 Å². The predicted octanol–water partition coefficient (Wildman–Crippen LogP) is 3.23. The zero-order valence-corrected chi connectivity index (χ0v) is 12.4. The molecular formula is C16H24N4. The van der Waals surface area contributed by atoms with E-state index in [2.05, 4.69) is 57.9 Å². The quantitative estimate of drug-likeness (QED) is 0.749. The normalized spacial score (nSPS) is 10.5. The monoisotopic (exact) mass is 272 g/mol. The first-order valence-electron chi connectivity index (χ1n) is 7.38. The van der Waals surface area contributed by atoms with Gasteiger partial charge in [0, 0.05) is 49.9 Å². The Morgan fingerprint density at radius 2 is 1.90 bits per heavy atom. The van der Waals surface area contributed by atoms with E-state index in [4.69, 9.17) is 0 Å². The van der Waals surface area contributed by atoms with Gasteiger partial charge in [-0.3, -0.25) is 0 Å². The molecule has 0 saturated heterocycles. The molecule has 0 saturated carbocycles. The van der Waals surface area contributed by atoms with Crippen molar-refractivity contribution in [2.24, 2.45) is 0 Å². The third-order valence-electron chi connectivity index (χ3n) is 3.48. The minimum Gasteiger partial charge on any atom is -0.385 e. The molecule has 0 aliphatic rings. The van der Waals surface area contributed by atoms with E-state index >= 15 is 0 Å². The first-order chi connectivity index (χ1) is 9.83. The number of benzene rings is 1. The molecule has 0 spiro atoms. The number of nitrogens with one attached hydrogen (secondary N) is 1. The number of hydrogen-bond acceptors (Lipinski definition) is 3. The standard InChI is InChI=1S/C16H24N4/c1-3-20(4-2)16-8-6-15(7-9-16)18-10-5-12-19-13-11-17-14-19/h6-9,11,13-14,18H,3-5,10,12H2,1-2H3. The van der Waals surface area contributed by atoms with Crippen molar-refractivity contribution in [3.63, 3.8) is 0 Å². The summed E-state index contributed by atoms with van der Waals surface area (Å²) in [5, 5.41) is 3.46. The third kappa shape index (κ3) is 4.02. The van der Waals surface area contributed by atoms with Crippen LogP contribution in [0.25, 0.3) is 0 Å². The summed E-state index contributed by atoms with van der Waals surface area (Å²) >= 11 is 0. The lowest BCUT2D eigenvalue weighted by molar-refractivity contribution is 0.661. The molecule has 0 bridgehead atoms. The topological polar surface area (TPSA) is 33.1 Å². The maximum Gasteiger partial charge on any atom is 0.0945 e. The van der Waals surface area contributed by atoms with Crippen LogP contribution in [0.1, 0.15) is 20.3 Å².